The maximum atomic E-state index is 6.00. The summed E-state index contributed by atoms with van der Waals surface area (Å²) < 4.78 is 6.00. The Morgan fingerprint density at radius 1 is 1.12 bits per heavy atom. The van der Waals surface area contributed by atoms with Crippen LogP contribution in [0, 0.1) is 6.92 Å². The molecule has 136 valence electrons. The third-order valence-electron chi connectivity index (χ3n) is 4.60. The zero-order valence-corrected chi connectivity index (χ0v) is 16.0. The molecule has 2 aromatic heterocycles. The Morgan fingerprint density at radius 3 is 2.58 bits per heavy atom. The normalized spacial score (nSPS) is 15.7. The molecule has 0 unspecified atom stereocenters. The lowest BCUT2D eigenvalue weighted by molar-refractivity contribution is 0.245. The minimum atomic E-state index is 0.734. The van der Waals surface area contributed by atoms with Crippen LogP contribution < -0.4 is 4.90 Å². The molecule has 0 saturated carbocycles. The summed E-state index contributed by atoms with van der Waals surface area (Å²) >= 11 is 1.67. The number of para-hydroxylation sites is 1. The maximum absolute atomic E-state index is 6.00. The van der Waals surface area contributed by atoms with Crippen molar-refractivity contribution in [2.45, 2.75) is 25.5 Å². The summed E-state index contributed by atoms with van der Waals surface area (Å²) in [4.78, 5) is 18.1. The fourth-order valence-corrected chi connectivity index (χ4v) is 3.71. The molecule has 0 bridgehead atoms. The van der Waals surface area contributed by atoms with Gasteiger partial charge in [0.1, 0.15) is 5.52 Å². The summed E-state index contributed by atoms with van der Waals surface area (Å²) in [5.41, 5.74) is 4.12. The molecule has 7 heteroatoms. The number of thioether (sulfide) groups is 1. The van der Waals surface area contributed by atoms with E-state index in [0.29, 0.717) is 0 Å². The number of fused-ring (bicyclic) bond motifs is 1. The molecular weight excluding hydrogens is 346 g/mol. The highest BCUT2D eigenvalue weighted by molar-refractivity contribution is 7.99. The summed E-state index contributed by atoms with van der Waals surface area (Å²) in [6, 6.07) is 6.82. The first-order valence-corrected chi connectivity index (χ1v) is 9.98. The van der Waals surface area contributed by atoms with Crippen LogP contribution in [0.4, 0.5) is 6.01 Å². The van der Waals surface area contributed by atoms with Gasteiger partial charge in [0.15, 0.2) is 10.7 Å². The summed E-state index contributed by atoms with van der Waals surface area (Å²) in [5, 5.41) is 0.854. The Kier molecular flexibility index (Phi) is 5.08. The van der Waals surface area contributed by atoms with Crippen LogP contribution in [0.25, 0.3) is 11.1 Å². The van der Waals surface area contributed by atoms with Gasteiger partial charge in [0, 0.05) is 50.7 Å². The summed E-state index contributed by atoms with van der Waals surface area (Å²) in [6.45, 7) is 8.83. The van der Waals surface area contributed by atoms with Gasteiger partial charge in [-0.25, -0.2) is 9.97 Å². The van der Waals surface area contributed by atoms with Crippen LogP contribution >= 0.6 is 11.8 Å². The Morgan fingerprint density at radius 2 is 1.88 bits per heavy atom. The number of benzene rings is 1. The van der Waals surface area contributed by atoms with Crippen molar-refractivity contribution in [2.24, 2.45) is 0 Å². The number of piperazine rings is 1. The summed E-state index contributed by atoms with van der Waals surface area (Å²) in [7, 11) is 0. The van der Waals surface area contributed by atoms with E-state index in [-0.39, 0.29) is 0 Å². The number of hydrogen-bond donors (Lipinski definition) is 0. The number of aryl methyl sites for hydroxylation is 1. The number of aromatic nitrogens is 3. The van der Waals surface area contributed by atoms with Crippen LogP contribution in [0.5, 0.6) is 0 Å². The molecule has 1 aliphatic rings. The first-order chi connectivity index (χ1) is 12.7. The molecule has 0 aliphatic carbocycles. The van der Waals surface area contributed by atoms with E-state index in [4.69, 9.17) is 4.42 Å². The molecule has 0 N–H and O–H groups in total. The fourth-order valence-electron chi connectivity index (χ4n) is 3.19. The first-order valence-electron chi connectivity index (χ1n) is 9.00. The van der Waals surface area contributed by atoms with Gasteiger partial charge in [-0.2, -0.15) is 4.98 Å². The summed E-state index contributed by atoms with van der Waals surface area (Å²) in [6.07, 6.45) is 3.89. The molecular formula is C19H23N5OS. The van der Waals surface area contributed by atoms with Gasteiger partial charge in [-0.3, -0.25) is 4.90 Å². The minimum absolute atomic E-state index is 0.734. The molecule has 1 aliphatic heterocycles. The number of anilines is 1. The van der Waals surface area contributed by atoms with Gasteiger partial charge < -0.3 is 9.32 Å². The van der Waals surface area contributed by atoms with E-state index in [1.54, 1.807) is 11.8 Å². The van der Waals surface area contributed by atoms with Crippen molar-refractivity contribution in [1.82, 2.24) is 19.9 Å². The van der Waals surface area contributed by atoms with E-state index in [1.165, 1.54) is 0 Å². The molecule has 3 heterocycles. The van der Waals surface area contributed by atoms with Crippen molar-refractivity contribution in [2.75, 3.05) is 36.8 Å². The minimum Gasteiger partial charge on any atom is -0.423 e. The third kappa shape index (κ3) is 3.68. The van der Waals surface area contributed by atoms with Crippen LogP contribution in [0.1, 0.15) is 18.1 Å². The monoisotopic (exact) mass is 369 g/mol. The fraction of sp³-hybridized carbons (Fsp3) is 0.421. The molecule has 1 saturated heterocycles. The van der Waals surface area contributed by atoms with E-state index < -0.39 is 0 Å². The Labute approximate surface area is 157 Å². The van der Waals surface area contributed by atoms with Crippen molar-refractivity contribution in [3.63, 3.8) is 0 Å². The predicted octanol–water partition coefficient (Wildman–Crippen LogP) is 3.36. The lowest BCUT2D eigenvalue weighted by Gasteiger charge is -2.33. The molecule has 0 atom stereocenters. The van der Waals surface area contributed by atoms with E-state index >= 15 is 0 Å². The van der Waals surface area contributed by atoms with Crippen molar-refractivity contribution in [1.29, 1.82) is 0 Å². The van der Waals surface area contributed by atoms with Gasteiger partial charge in [0.2, 0.25) is 0 Å². The molecule has 0 amide bonds. The molecule has 4 rings (SSSR count). The zero-order chi connectivity index (χ0) is 17.9. The van der Waals surface area contributed by atoms with Crippen LogP contribution in [0.2, 0.25) is 0 Å². The molecule has 0 spiro atoms. The van der Waals surface area contributed by atoms with Gasteiger partial charge in [-0.05, 0) is 24.3 Å². The smallest absolute Gasteiger partial charge is 0.298 e. The highest BCUT2D eigenvalue weighted by Gasteiger charge is 2.21. The largest absolute Gasteiger partial charge is 0.423 e. The van der Waals surface area contributed by atoms with E-state index in [0.717, 1.165) is 71.9 Å². The number of oxazole rings is 1. The zero-order valence-electron chi connectivity index (χ0n) is 15.2. The van der Waals surface area contributed by atoms with Crippen molar-refractivity contribution in [3.05, 3.63) is 41.7 Å². The lowest BCUT2D eigenvalue weighted by atomic mass is 10.2. The van der Waals surface area contributed by atoms with E-state index in [2.05, 4.69) is 44.7 Å². The number of rotatable bonds is 5. The van der Waals surface area contributed by atoms with Gasteiger partial charge in [0.05, 0.1) is 0 Å². The summed E-state index contributed by atoms with van der Waals surface area (Å²) in [5.74, 6) is 0.997. The second-order valence-electron chi connectivity index (χ2n) is 6.49. The van der Waals surface area contributed by atoms with E-state index in [1.807, 2.05) is 24.5 Å². The highest BCUT2D eigenvalue weighted by Crippen LogP contribution is 2.25. The lowest BCUT2D eigenvalue weighted by Crippen LogP contribution is -2.46. The Hall–Kier alpha value is -2.12. The Balaban J connectivity index is 1.36. The van der Waals surface area contributed by atoms with Crippen LogP contribution in [-0.2, 0) is 6.54 Å². The number of nitrogens with zero attached hydrogens (tertiary/aromatic N) is 5. The molecule has 3 aromatic rings. The SMILES string of the molecule is CCSc1ncc(CN2CCN(c3nc4cccc(C)c4o3)CC2)cn1. The topological polar surface area (TPSA) is 58.3 Å². The van der Waals surface area contributed by atoms with Crippen molar-refractivity contribution < 1.29 is 4.42 Å². The second kappa shape index (κ2) is 7.63. The van der Waals surface area contributed by atoms with Crippen LogP contribution in [0.3, 0.4) is 0 Å². The standard InChI is InChI=1S/C19H23N5OS/c1-3-26-18-20-11-15(12-21-18)13-23-7-9-24(10-8-23)19-22-16-6-4-5-14(2)17(16)25-19/h4-6,11-12H,3,7-10,13H2,1-2H3. The second-order valence-corrected chi connectivity index (χ2v) is 7.72. The third-order valence-corrected chi connectivity index (χ3v) is 5.36. The van der Waals surface area contributed by atoms with Crippen LogP contribution in [0.15, 0.2) is 40.2 Å². The van der Waals surface area contributed by atoms with Crippen molar-refractivity contribution >= 4 is 28.9 Å². The molecule has 0 radical (unpaired) electrons. The Bertz CT molecular complexity index is 871. The van der Waals surface area contributed by atoms with Gasteiger partial charge in [-0.1, -0.05) is 30.8 Å². The number of hydrogen-bond acceptors (Lipinski definition) is 7. The average molecular weight is 369 g/mol. The predicted molar refractivity (Wildman–Crippen MR) is 105 cm³/mol. The highest BCUT2D eigenvalue weighted by atomic mass is 32.2. The first kappa shape index (κ1) is 17.3. The van der Waals surface area contributed by atoms with Crippen molar-refractivity contribution in [3.8, 4) is 0 Å². The molecule has 6 nitrogen and oxygen atoms in total. The maximum Gasteiger partial charge on any atom is 0.298 e. The van der Waals surface area contributed by atoms with Gasteiger partial charge >= 0.3 is 0 Å². The molecule has 1 aromatic carbocycles. The van der Waals surface area contributed by atoms with E-state index in [9.17, 15) is 0 Å². The quantitative estimate of drug-likeness (QED) is 0.505. The average Bonchev–Trinajstić information content (AvgIpc) is 3.10. The molecule has 1 fully saturated rings. The van der Waals surface area contributed by atoms with Crippen LogP contribution in [-0.4, -0.2) is 51.8 Å². The van der Waals surface area contributed by atoms with Gasteiger partial charge in [0.25, 0.3) is 6.01 Å². The van der Waals surface area contributed by atoms with Gasteiger partial charge in [-0.15, -0.1) is 0 Å². The molecule has 26 heavy (non-hydrogen) atoms.